The van der Waals surface area contributed by atoms with Crippen LogP contribution < -0.4 is 0 Å². The molecule has 0 fully saturated rings. The quantitative estimate of drug-likeness (QED) is 0.466. The van der Waals surface area contributed by atoms with Gasteiger partial charge in [-0.05, 0) is 37.3 Å². The van der Waals surface area contributed by atoms with Gasteiger partial charge in [0.25, 0.3) is 12.3 Å². The predicted molar refractivity (Wildman–Crippen MR) is 107 cm³/mol. The van der Waals surface area contributed by atoms with Gasteiger partial charge < -0.3 is 4.90 Å². The normalized spacial score (nSPS) is 11.4. The number of amides is 1. The fourth-order valence-electron chi connectivity index (χ4n) is 3.27. The van der Waals surface area contributed by atoms with E-state index in [0.29, 0.717) is 12.1 Å². The monoisotopic (exact) mass is 428 g/mol. The van der Waals surface area contributed by atoms with E-state index in [9.17, 15) is 18.0 Å². The summed E-state index contributed by atoms with van der Waals surface area (Å²) in [6, 6.07) is 6.51. The second-order valence-electron chi connectivity index (χ2n) is 7.03. The molecule has 31 heavy (non-hydrogen) atoms. The molecule has 10 heteroatoms. The van der Waals surface area contributed by atoms with Gasteiger partial charge in [-0.1, -0.05) is 0 Å². The Morgan fingerprint density at radius 3 is 2.55 bits per heavy atom. The molecule has 0 spiro atoms. The summed E-state index contributed by atoms with van der Waals surface area (Å²) in [7, 11) is 1.60. The first-order chi connectivity index (χ1) is 14.9. The number of aryl methyl sites for hydroxylation is 1. The van der Waals surface area contributed by atoms with Crippen molar-refractivity contribution in [2.75, 3.05) is 7.05 Å². The molecule has 0 bridgehead atoms. The highest BCUT2D eigenvalue weighted by Gasteiger charge is 2.23. The van der Waals surface area contributed by atoms with E-state index in [4.69, 9.17) is 0 Å². The molecule has 4 rings (SSSR count). The van der Waals surface area contributed by atoms with E-state index >= 15 is 0 Å². The Balaban J connectivity index is 1.73. The molecule has 0 aliphatic carbocycles. The van der Waals surface area contributed by atoms with Crippen LogP contribution in [0.25, 0.3) is 16.9 Å². The third-order valence-electron chi connectivity index (χ3n) is 4.87. The van der Waals surface area contributed by atoms with Crippen LogP contribution in [0.2, 0.25) is 0 Å². The summed E-state index contributed by atoms with van der Waals surface area (Å²) in [5.74, 6) is -0.865. The Morgan fingerprint density at radius 2 is 1.90 bits per heavy atom. The Bertz CT molecular complexity index is 1230. The highest BCUT2D eigenvalue weighted by molar-refractivity contribution is 5.99. The minimum absolute atomic E-state index is 0.0122. The summed E-state index contributed by atoms with van der Waals surface area (Å²) >= 11 is 0. The molecule has 0 N–H and O–H groups in total. The van der Waals surface area contributed by atoms with E-state index in [0.717, 1.165) is 10.1 Å². The van der Waals surface area contributed by atoms with Gasteiger partial charge in [0, 0.05) is 37.5 Å². The van der Waals surface area contributed by atoms with E-state index < -0.39 is 23.8 Å². The number of rotatable bonds is 6. The third kappa shape index (κ3) is 4.00. The third-order valence-corrected chi connectivity index (χ3v) is 4.87. The van der Waals surface area contributed by atoms with Crippen LogP contribution in [-0.2, 0) is 13.1 Å². The SMILES string of the molecule is CCn1cc(CN(C)C(=O)c2cnn3c(C(F)F)cc(-c4ccc(F)cc4)nc23)cn1. The number of alkyl halides is 2. The first-order valence-electron chi connectivity index (χ1n) is 9.57. The van der Waals surface area contributed by atoms with Crippen LogP contribution in [0.15, 0.2) is 48.9 Å². The maximum atomic E-state index is 13.7. The van der Waals surface area contributed by atoms with Crippen LogP contribution in [0.1, 0.15) is 35.0 Å². The molecular weight excluding hydrogens is 409 g/mol. The fraction of sp³-hybridized carbons (Fsp3) is 0.238. The predicted octanol–water partition coefficient (Wildman–Crippen LogP) is 3.96. The molecule has 1 amide bonds. The van der Waals surface area contributed by atoms with Gasteiger partial charge in [-0.2, -0.15) is 10.2 Å². The van der Waals surface area contributed by atoms with Crippen molar-refractivity contribution in [2.45, 2.75) is 26.4 Å². The number of aromatic nitrogens is 5. The van der Waals surface area contributed by atoms with Crippen LogP contribution in [0, 0.1) is 5.82 Å². The van der Waals surface area contributed by atoms with E-state index in [1.165, 1.54) is 41.4 Å². The molecule has 160 valence electrons. The van der Waals surface area contributed by atoms with Crippen LogP contribution in [0.5, 0.6) is 0 Å². The number of halogens is 3. The first kappa shape index (κ1) is 20.6. The molecule has 0 saturated carbocycles. The molecule has 0 aliphatic rings. The molecule has 3 heterocycles. The molecule has 3 aromatic heterocycles. The molecular formula is C21H19F3N6O. The summed E-state index contributed by atoms with van der Waals surface area (Å²) in [6.07, 6.45) is 1.89. The smallest absolute Gasteiger partial charge is 0.280 e. The van der Waals surface area contributed by atoms with Crippen molar-refractivity contribution in [1.82, 2.24) is 29.3 Å². The van der Waals surface area contributed by atoms with Gasteiger partial charge in [0.1, 0.15) is 17.1 Å². The molecule has 0 radical (unpaired) electrons. The van der Waals surface area contributed by atoms with Gasteiger partial charge in [-0.15, -0.1) is 0 Å². The maximum Gasteiger partial charge on any atom is 0.280 e. The zero-order valence-electron chi connectivity index (χ0n) is 16.8. The fourth-order valence-corrected chi connectivity index (χ4v) is 3.27. The number of nitrogens with zero attached hydrogens (tertiary/aromatic N) is 6. The average Bonchev–Trinajstić information content (AvgIpc) is 3.39. The van der Waals surface area contributed by atoms with E-state index in [1.54, 1.807) is 17.9 Å². The largest absolute Gasteiger partial charge is 0.337 e. The second-order valence-corrected chi connectivity index (χ2v) is 7.03. The number of benzene rings is 1. The Morgan fingerprint density at radius 1 is 1.16 bits per heavy atom. The summed E-state index contributed by atoms with van der Waals surface area (Å²) in [4.78, 5) is 18.9. The molecule has 1 aromatic carbocycles. The summed E-state index contributed by atoms with van der Waals surface area (Å²) < 4.78 is 43.4. The Hall–Kier alpha value is -3.69. The Kier molecular flexibility index (Phi) is 5.45. The number of hydrogen-bond acceptors (Lipinski definition) is 4. The van der Waals surface area contributed by atoms with Crippen molar-refractivity contribution in [3.05, 3.63) is 71.6 Å². The molecule has 0 unspecified atom stereocenters. The first-order valence-corrected chi connectivity index (χ1v) is 9.57. The van der Waals surface area contributed by atoms with Gasteiger partial charge >= 0.3 is 0 Å². The van der Waals surface area contributed by atoms with E-state index in [2.05, 4.69) is 15.2 Å². The lowest BCUT2D eigenvalue weighted by Crippen LogP contribution is -2.26. The highest BCUT2D eigenvalue weighted by Crippen LogP contribution is 2.27. The number of carbonyl (C=O) groups excluding carboxylic acids is 1. The zero-order chi connectivity index (χ0) is 22.1. The minimum atomic E-state index is -2.84. The summed E-state index contributed by atoms with van der Waals surface area (Å²) in [6.45, 7) is 2.95. The van der Waals surface area contributed by atoms with Gasteiger partial charge in [0.05, 0.1) is 18.1 Å². The lowest BCUT2D eigenvalue weighted by Gasteiger charge is -2.15. The molecule has 0 aliphatic heterocycles. The van der Waals surface area contributed by atoms with Gasteiger partial charge in [0.2, 0.25) is 0 Å². The van der Waals surface area contributed by atoms with Crippen LogP contribution in [0.3, 0.4) is 0 Å². The summed E-state index contributed by atoms with van der Waals surface area (Å²) in [5.41, 5.74) is 1.18. The van der Waals surface area contributed by atoms with Gasteiger partial charge in [-0.3, -0.25) is 9.48 Å². The number of hydrogen-bond donors (Lipinski definition) is 0. The minimum Gasteiger partial charge on any atom is -0.337 e. The average molecular weight is 428 g/mol. The topological polar surface area (TPSA) is 68.3 Å². The molecule has 4 aromatic rings. The molecule has 0 saturated heterocycles. The van der Waals surface area contributed by atoms with Gasteiger partial charge in [-0.25, -0.2) is 22.7 Å². The maximum absolute atomic E-state index is 13.7. The lowest BCUT2D eigenvalue weighted by atomic mass is 10.1. The lowest BCUT2D eigenvalue weighted by molar-refractivity contribution is 0.0786. The second kappa shape index (κ2) is 8.21. The zero-order valence-corrected chi connectivity index (χ0v) is 16.8. The standard InChI is InChI=1S/C21H19F3N6O/c1-3-29-12-13(9-25-29)11-28(2)21(31)16-10-26-30-18(19(23)24)8-17(27-20(16)30)14-4-6-15(22)7-5-14/h4-10,12,19H,3,11H2,1-2H3. The van der Waals surface area contributed by atoms with Crippen molar-refractivity contribution in [2.24, 2.45) is 0 Å². The molecule has 7 nitrogen and oxygen atoms in total. The van der Waals surface area contributed by atoms with Crippen molar-refractivity contribution < 1.29 is 18.0 Å². The van der Waals surface area contributed by atoms with E-state index in [-0.39, 0.29) is 23.4 Å². The van der Waals surface area contributed by atoms with Crippen LogP contribution >= 0.6 is 0 Å². The van der Waals surface area contributed by atoms with Crippen molar-refractivity contribution in [3.8, 4) is 11.3 Å². The highest BCUT2D eigenvalue weighted by atomic mass is 19.3. The van der Waals surface area contributed by atoms with Crippen LogP contribution in [-0.4, -0.2) is 42.2 Å². The van der Waals surface area contributed by atoms with Crippen molar-refractivity contribution in [1.29, 1.82) is 0 Å². The van der Waals surface area contributed by atoms with Crippen molar-refractivity contribution >= 4 is 11.6 Å². The van der Waals surface area contributed by atoms with Gasteiger partial charge in [0.15, 0.2) is 5.65 Å². The molecule has 0 atom stereocenters. The summed E-state index contributed by atoms with van der Waals surface area (Å²) in [5, 5.41) is 8.15. The number of carbonyl (C=O) groups is 1. The Labute approximate surface area is 175 Å². The van der Waals surface area contributed by atoms with E-state index in [1.807, 2.05) is 13.1 Å². The van der Waals surface area contributed by atoms with Crippen LogP contribution in [0.4, 0.5) is 13.2 Å². The van der Waals surface area contributed by atoms with Crippen molar-refractivity contribution in [3.63, 3.8) is 0 Å². The number of fused-ring (bicyclic) bond motifs is 1.